The lowest BCUT2D eigenvalue weighted by molar-refractivity contribution is -0.120. The summed E-state index contributed by atoms with van der Waals surface area (Å²) in [6.07, 6.45) is 4.43. The lowest BCUT2D eigenvalue weighted by Gasteiger charge is -2.15. The van der Waals surface area contributed by atoms with E-state index in [1.54, 1.807) is 0 Å². The van der Waals surface area contributed by atoms with Crippen molar-refractivity contribution in [3.8, 4) is 0 Å². The number of rotatable bonds is 5. The second-order valence-electron chi connectivity index (χ2n) is 5.22. The van der Waals surface area contributed by atoms with Gasteiger partial charge in [-0.3, -0.25) is 4.79 Å². The molecular formula is C15H22N2O2. The highest BCUT2D eigenvalue weighted by Gasteiger charge is 2.30. The van der Waals surface area contributed by atoms with Gasteiger partial charge in [0, 0.05) is 18.3 Å². The second kappa shape index (κ2) is 6.68. The standard InChI is InChI=1S/C15H22N2O2/c16-14-8-2-7-13(14)15(19)17-12-6-1-4-11(10-12)5-3-9-18/h1,4,6,10,13-14,18H,2-3,5,7-9,16H2,(H,17,19). The molecule has 0 aliphatic heterocycles. The third-order valence-electron chi connectivity index (χ3n) is 3.72. The molecule has 0 spiro atoms. The Morgan fingerprint density at radius 3 is 2.95 bits per heavy atom. The van der Waals surface area contributed by atoms with E-state index in [4.69, 9.17) is 10.8 Å². The van der Waals surface area contributed by atoms with Crippen LogP contribution in [0, 0.1) is 5.92 Å². The first-order valence-electron chi connectivity index (χ1n) is 6.97. The Balaban J connectivity index is 1.96. The zero-order chi connectivity index (χ0) is 13.7. The molecule has 0 aromatic heterocycles. The van der Waals surface area contributed by atoms with Crippen LogP contribution in [0.4, 0.5) is 5.69 Å². The summed E-state index contributed by atoms with van der Waals surface area (Å²) in [6, 6.07) is 7.79. The monoisotopic (exact) mass is 262 g/mol. The van der Waals surface area contributed by atoms with E-state index < -0.39 is 0 Å². The van der Waals surface area contributed by atoms with Gasteiger partial charge in [0.05, 0.1) is 5.92 Å². The Hall–Kier alpha value is -1.39. The van der Waals surface area contributed by atoms with E-state index in [0.29, 0.717) is 0 Å². The molecule has 0 bridgehead atoms. The number of carbonyl (C=O) groups excluding carboxylic acids is 1. The van der Waals surface area contributed by atoms with Crippen LogP contribution in [0.3, 0.4) is 0 Å². The minimum absolute atomic E-state index is 0.00225. The highest BCUT2D eigenvalue weighted by molar-refractivity contribution is 5.93. The molecule has 1 fully saturated rings. The summed E-state index contributed by atoms with van der Waals surface area (Å²) in [4.78, 5) is 12.1. The van der Waals surface area contributed by atoms with Crippen molar-refractivity contribution >= 4 is 11.6 Å². The molecule has 1 aliphatic carbocycles. The van der Waals surface area contributed by atoms with Gasteiger partial charge < -0.3 is 16.2 Å². The molecule has 4 nitrogen and oxygen atoms in total. The van der Waals surface area contributed by atoms with E-state index in [0.717, 1.165) is 43.4 Å². The van der Waals surface area contributed by atoms with Gasteiger partial charge in [0.1, 0.15) is 0 Å². The number of aliphatic hydroxyl groups excluding tert-OH is 1. The van der Waals surface area contributed by atoms with Gasteiger partial charge in [-0.05, 0) is 43.4 Å². The maximum absolute atomic E-state index is 12.1. The molecule has 1 aromatic rings. The van der Waals surface area contributed by atoms with Crippen molar-refractivity contribution in [1.29, 1.82) is 0 Å². The number of benzene rings is 1. The van der Waals surface area contributed by atoms with E-state index in [2.05, 4.69) is 5.32 Å². The smallest absolute Gasteiger partial charge is 0.229 e. The fraction of sp³-hybridized carbons (Fsp3) is 0.533. The van der Waals surface area contributed by atoms with Crippen LogP contribution in [0.5, 0.6) is 0 Å². The summed E-state index contributed by atoms with van der Waals surface area (Å²) in [6.45, 7) is 0.188. The van der Waals surface area contributed by atoms with Crippen molar-refractivity contribution in [2.45, 2.75) is 38.1 Å². The van der Waals surface area contributed by atoms with Crippen LogP contribution in [0.2, 0.25) is 0 Å². The van der Waals surface area contributed by atoms with Gasteiger partial charge in [-0.2, -0.15) is 0 Å². The lowest BCUT2D eigenvalue weighted by atomic mass is 10.0. The summed E-state index contributed by atoms with van der Waals surface area (Å²) < 4.78 is 0. The van der Waals surface area contributed by atoms with Gasteiger partial charge in [-0.25, -0.2) is 0 Å². The number of aryl methyl sites for hydroxylation is 1. The average molecular weight is 262 g/mol. The van der Waals surface area contributed by atoms with Crippen molar-refractivity contribution in [3.63, 3.8) is 0 Å². The SMILES string of the molecule is NC1CCCC1C(=O)Nc1cccc(CCCO)c1. The number of nitrogens with one attached hydrogen (secondary N) is 1. The number of nitrogens with two attached hydrogens (primary N) is 1. The van der Waals surface area contributed by atoms with Crippen molar-refractivity contribution < 1.29 is 9.90 Å². The number of aliphatic hydroxyl groups is 1. The third kappa shape index (κ3) is 3.78. The summed E-state index contributed by atoms with van der Waals surface area (Å²) in [7, 11) is 0. The van der Waals surface area contributed by atoms with Crippen LogP contribution in [-0.2, 0) is 11.2 Å². The number of carbonyl (C=O) groups is 1. The van der Waals surface area contributed by atoms with Crippen molar-refractivity contribution in [1.82, 2.24) is 0 Å². The van der Waals surface area contributed by atoms with Crippen LogP contribution >= 0.6 is 0 Å². The largest absolute Gasteiger partial charge is 0.396 e. The van der Waals surface area contributed by atoms with Crippen LogP contribution in [0.15, 0.2) is 24.3 Å². The summed E-state index contributed by atoms with van der Waals surface area (Å²) in [5.41, 5.74) is 7.89. The van der Waals surface area contributed by atoms with E-state index in [9.17, 15) is 4.79 Å². The molecule has 1 aliphatic rings. The molecule has 104 valence electrons. The fourth-order valence-electron chi connectivity index (χ4n) is 2.64. The number of anilines is 1. The molecule has 2 rings (SSSR count). The van der Waals surface area contributed by atoms with Crippen LogP contribution < -0.4 is 11.1 Å². The van der Waals surface area contributed by atoms with Gasteiger partial charge in [-0.15, -0.1) is 0 Å². The minimum Gasteiger partial charge on any atom is -0.396 e. The lowest BCUT2D eigenvalue weighted by Crippen LogP contribution is -2.34. The summed E-state index contributed by atoms with van der Waals surface area (Å²) in [5, 5.41) is 11.8. The van der Waals surface area contributed by atoms with Gasteiger partial charge >= 0.3 is 0 Å². The predicted octanol–water partition coefficient (Wildman–Crippen LogP) is 1.68. The molecule has 4 heteroatoms. The number of hydrogen-bond acceptors (Lipinski definition) is 3. The highest BCUT2D eigenvalue weighted by atomic mass is 16.2. The maximum Gasteiger partial charge on any atom is 0.229 e. The zero-order valence-corrected chi connectivity index (χ0v) is 11.1. The second-order valence-corrected chi connectivity index (χ2v) is 5.22. The Morgan fingerprint density at radius 1 is 1.42 bits per heavy atom. The van der Waals surface area contributed by atoms with Crippen molar-refractivity contribution in [2.75, 3.05) is 11.9 Å². The number of hydrogen-bond donors (Lipinski definition) is 3. The Morgan fingerprint density at radius 2 is 2.26 bits per heavy atom. The van der Waals surface area contributed by atoms with E-state index in [1.807, 2.05) is 24.3 Å². The van der Waals surface area contributed by atoms with E-state index in [1.165, 1.54) is 0 Å². The first kappa shape index (κ1) is 14.0. The summed E-state index contributed by atoms with van der Waals surface area (Å²) in [5.74, 6) is -0.0228. The van der Waals surface area contributed by atoms with Crippen LogP contribution in [0.1, 0.15) is 31.2 Å². The highest BCUT2D eigenvalue weighted by Crippen LogP contribution is 2.25. The topological polar surface area (TPSA) is 75.4 Å². The zero-order valence-electron chi connectivity index (χ0n) is 11.1. The summed E-state index contributed by atoms with van der Waals surface area (Å²) >= 11 is 0. The molecule has 4 N–H and O–H groups in total. The van der Waals surface area contributed by atoms with Crippen molar-refractivity contribution in [2.24, 2.45) is 11.7 Å². The van der Waals surface area contributed by atoms with E-state index >= 15 is 0 Å². The van der Waals surface area contributed by atoms with Gasteiger partial charge in [0.25, 0.3) is 0 Å². The molecule has 2 unspecified atom stereocenters. The van der Waals surface area contributed by atoms with Crippen molar-refractivity contribution in [3.05, 3.63) is 29.8 Å². The first-order valence-corrected chi connectivity index (χ1v) is 6.97. The quantitative estimate of drug-likeness (QED) is 0.755. The molecule has 0 radical (unpaired) electrons. The van der Waals surface area contributed by atoms with Gasteiger partial charge in [0.2, 0.25) is 5.91 Å². The minimum atomic E-state index is -0.0545. The molecule has 0 heterocycles. The molecule has 19 heavy (non-hydrogen) atoms. The normalized spacial score (nSPS) is 22.4. The molecule has 1 saturated carbocycles. The van der Waals surface area contributed by atoms with E-state index in [-0.39, 0.29) is 24.5 Å². The number of amides is 1. The maximum atomic E-state index is 12.1. The van der Waals surface area contributed by atoms with Gasteiger partial charge in [-0.1, -0.05) is 18.6 Å². The first-order chi connectivity index (χ1) is 9.20. The van der Waals surface area contributed by atoms with Crippen LogP contribution in [0.25, 0.3) is 0 Å². The Labute approximate surface area is 114 Å². The van der Waals surface area contributed by atoms with Crippen LogP contribution in [-0.4, -0.2) is 23.7 Å². The molecule has 2 atom stereocenters. The Bertz CT molecular complexity index is 434. The molecule has 1 aromatic carbocycles. The Kier molecular flexibility index (Phi) is 4.93. The van der Waals surface area contributed by atoms with Gasteiger partial charge in [0.15, 0.2) is 0 Å². The molecular weight excluding hydrogens is 240 g/mol. The fourth-order valence-corrected chi connectivity index (χ4v) is 2.64. The molecule has 1 amide bonds. The predicted molar refractivity (Wildman–Crippen MR) is 75.8 cm³/mol. The third-order valence-corrected chi connectivity index (χ3v) is 3.72. The average Bonchev–Trinajstić information content (AvgIpc) is 2.83. The molecule has 0 saturated heterocycles.